The van der Waals surface area contributed by atoms with E-state index in [0.29, 0.717) is 0 Å². The predicted molar refractivity (Wildman–Crippen MR) is 85.0 cm³/mol. The minimum atomic E-state index is -1.19. The van der Waals surface area contributed by atoms with Gasteiger partial charge in [0.15, 0.2) is 0 Å². The molecule has 0 bridgehead atoms. The van der Waals surface area contributed by atoms with Crippen molar-refractivity contribution in [2.24, 2.45) is 0 Å². The first-order chi connectivity index (χ1) is 8.58. The van der Waals surface area contributed by atoms with Gasteiger partial charge in [-0.3, -0.25) is 0 Å². The summed E-state index contributed by atoms with van der Waals surface area (Å²) in [5.41, 5.74) is 4.43. The lowest BCUT2D eigenvalue weighted by atomic mass is 10.2. The van der Waals surface area contributed by atoms with Crippen LogP contribution in [0.4, 0.5) is 0 Å². The summed E-state index contributed by atoms with van der Waals surface area (Å²) in [5.74, 6) is 9.51. The van der Waals surface area contributed by atoms with Crippen LogP contribution in [0.5, 0.6) is 0 Å². The average Bonchev–Trinajstić information content (AvgIpc) is 2.36. The van der Waals surface area contributed by atoms with Gasteiger partial charge in [0.2, 0.25) is 0 Å². The summed E-state index contributed by atoms with van der Waals surface area (Å²) in [5, 5.41) is 0. The van der Waals surface area contributed by atoms with Gasteiger partial charge in [0.1, 0.15) is 8.07 Å². The standard InChI is InChI=1S/C15H18Si.C2H6/c1-16(2,3)14-10-5-4-7-11-15-12-8-6-9-13-15;1-2/h6,8-9,12-13H,4-5H2,1-3H3;1-2H3. The Morgan fingerprint density at radius 2 is 1.44 bits per heavy atom. The topological polar surface area (TPSA) is 0 Å². The fraction of sp³-hybridized carbons (Fsp3) is 0.412. The Balaban J connectivity index is 0.00000137. The molecule has 0 saturated carbocycles. The predicted octanol–water partition coefficient (Wildman–Crippen LogP) is 4.73. The van der Waals surface area contributed by atoms with E-state index in [2.05, 4.69) is 42.9 Å². The smallest absolute Gasteiger partial charge is 0.129 e. The Morgan fingerprint density at radius 3 is 2.00 bits per heavy atom. The summed E-state index contributed by atoms with van der Waals surface area (Å²) in [6, 6.07) is 10.1. The first-order valence-corrected chi connectivity index (χ1v) is 10.1. The summed E-state index contributed by atoms with van der Waals surface area (Å²) in [7, 11) is -1.19. The van der Waals surface area contributed by atoms with Crippen LogP contribution in [0.25, 0.3) is 0 Å². The summed E-state index contributed by atoms with van der Waals surface area (Å²) < 4.78 is 0. The molecule has 0 aliphatic carbocycles. The van der Waals surface area contributed by atoms with Crippen molar-refractivity contribution in [3.63, 3.8) is 0 Å². The largest absolute Gasteiger partial charge is 0.132 e. The van der Waals surface area contributed by atoms with Gasteiger partial charge in [-0.25, -0.2) is 0 Å². The molecule has 1 heteroatoms. The molecule has 1 aromatic rings. The highest BCUT2D eigenvalue weighted by molar-refractivity contribution is 6.83. The van der Waals surface area contributed by atoms with E-state index in [1.807, 2.05) is 44.2 Å². The number of hydrogen-bond acceptors (Lipinski definition) is 0. The van der Waals surface area contributed by atoms with Crippen molar-refractivity contribution >= 4 is 8.07 Å². The zero-order chi connectivity index (χ0) is 13.9. The van der Waals surface area contributed by atoms with Gasteiger partial charge < -0.3 is 0 Å². The van der Waals surface area contributed by atoms with Crippen molar-refractivity contribution < 1.29 is 0 Å². The summed E-state index contributed by atoms with van der Waals surface area (Å²) >= 11 is 0. The molecular formula is C17H24Si. The summed E-state index contributed by atoms with van der Waals surface area (Å²) in [4.78, 5) is 0. The van der Waals surface area contributed by atoms with E-state index in [9.17, 15) is 0 Å². The molecule has 1 aromatic carbocycles. The monoisotopic (exact) mass is 256 g/mol. The Bertz CT molecular complexity index is 430. The lowest BCUT2D eigenvalue weighted by Crippen LogP contribution is -2.16. The molecule has 0 aromatic heterocycles. The van der Waals surface area contributed by atoms with Crippen molar-refractivity contribution in [1.29, 1.82) is 0 Å². The van der Waals surface area contributed by atoms with Crippen molar-refractivity contribution in [2.45, 2.75) is 46.3 Å². The van der Waals surface area contributed by atoms with E-state index < -0.39 is 8.07 Å². The number of unbranched alkanes of at least 4 members (excludes halogenated alkanes) is 1. The molecule has 0 radical (unpaired) electrons. The number of hydrogen-bond donors (Lipinski definition) is 0. The van der Waals surface area contributed by atoms with Gasteiger partial charge in [0.25, 0.3) is 0 Å². The molecule has 0 aliphatic rings. The molecule has 0 unspecified atom stereocenters. The summed E-state index contributed by atoms with van der Waals surface area (Å²) in [6.07, 6.45) is 1.76. The van der Waals surface area contributed by atoms with Gasteiger partial charge in [0.05, 0.1) is 0 Å². The minimum absolute atomic E-state index is 0.867. The van der Waals surface area contributed by atoms with Crippen molar-refractivity contribution in [3.8, 4) is 23.3 Å². The second-order valence-electron chi connectivity index (χ2n) is 4.72. The van der Waals surface area contributed by atoms with Crippen LogP contribution >= 0.6 is 0 Å². The lowest BCUT2D eigenvalue weighted by Gasteiger charge is -2.02. The van der Waals surface area contributed by atoms with E-state index in [1.165, 1.54) is 0 Å². The molecule has 96 valence electrons. The van der Waals surface area contributed by atoms with E-state index in [-0.39, 0.29) is 0 Å². The number of rotatable bonds is 1. The zero-order valence-electron chi connectivity index (χ0n) is 12.3. The van der Waals surface area contributed by atoms with Gasteiger partial charge in [-0.2, -0.15) is 0 Å². The van der Waals surface area contributed by atoms with Crippen LogP contribution in [-0.4, -0.2) is 8.07 Å². The van der Waals surface area contributed by atoms with Crippen LogP contribution in [0.2, 0.25) is 19.6 Å². The minimum Gasteiger partial charge on any atom is -0.132 e. The highest BCUT2D eigenvalue weighted by Gasteiger charge is 2.06. The Kier molecular flexibility index (Phi) is 8.81. The van der Waals surface area contributed by atoms with E-state index >= 15 is 0 Å². The van der Waals surface area contributed by atoms with Crippen molar-refractivity contribution in [3.05, 3.63) is 35.9 Å². The maximum Gasteiger partial charge on any atom is 0.129 e. The average molecular weight is 256 g/mol. The molecule has 0 nitrogen and oxygen atoms in total. The van der Waals surface area contributed by atoms with Gasteiger partial charge in [-0.05, 0) is 12.1 Å². The van der Waals surface area contributed by atoms with Gasteiger partial charge >= 0.3 is 0 Å². The van der Waals surface area contributed by atoms with Crippen LogP contribution in [0, 0.1) is 23.3 Å². The first-order valence-electron chi connectivity index (χ1n) is 6.62. The molecule has 0 saturated heterocycles. The normalized spacial score (nSPS) is 8.94. The van der Waals surface area contributed by atoms with Crippen LogP contribution in [0.1, 0.15) is 32.3 Å². The molecule has 0 aliphatic heterocycles. The molecule has 1 rings (SSSR count). The maximum absolute atomic E-state index is 3.34. The van der Waals surface area contributed by atoms with Crippen molar-refractivity contribution in [1.82, 2.24) is 0 Å². The van der Waals surface area contributed by atoms with Gasteiger partial charge in [-0.1, -0.05) is 63.5 Å². The molecule has 0 spiro atoms. The van der Waals surface area contributed by atoms with Crippen LogP contribution in [0.3, 0.4) is 0 Å². The van der Waals surface area contributed by atoms with Crippen LogP contribution in [-0.2, 0) is 0 Å². The SMILES string of the molecule is CC.C[Si](C)(C)C#CCCC#Cc1ccccc1. The molecule has 0 fully saturated rings. The molecular weight excluding hydrogens is 232 g/mol. The highest BCUT2D eigenvalue weighted by Crippen LogP contribution is 1.98. The van der Waals surface area contributed by atoms with E-state index in [1.54, 1.807) is 0 Å². The van der Waals surface area contributed by atoms with Crippen LogP contribution < -0.4 is 0 Å². The fourth-order valence-electron chi connectivity index (χ4n) is 1.14. The quantitative estimate of drug-likeness (QED) is 0.387. The Hall–Kier alpha value is -1.44. The highest BCUT2D eigenvalue weighted by atomic mass is 28.3. The molecule has 18 heavy (non-hydrogen) atoms. The second-order valence-corrected chi connectivity index (χ2v) is 9.47. The number of benzene rings is 1. The molecule has 0 N–H and O–H groups in total. The second kappa shape index (κ2) is 9.57. The zero-order valence-corrected chi connectivity index (χ0v) is 13.3. The first kappa shape index (κ1) is 16.6. The maximum atomic E-state index is 3.34. The van der Waals surface area contributed by atoms with Crippen LogP contribution in [0.15, 0.2) is 30.3 Å². The Morgan fingerprint density at radius 1 is 0.889 bits per heavy atom. The third-order valence-electron chi connectivity index (χ3n) is 1.84. The fourth-order valence-corrected chi connectivity index (χ4v) is 1.79. The van der Waals surface area contributed by atoms with Crippen molar-refractivity contribution in [2.75, 3.05) is 0 Å². The third-order valence-corrected chi connectivity index (χ3v) is 2.77. The van der Waals surface area contributed by atoms with Gasteiger partial charge in [0, 0.05) is 18.4 Å². The lowest BCUT2D eigenvalue weighted by molar-refractivity contribution is 1.12. The molecule has 0 amide bonds. The molecule has 0 heterocycles. The van der Waals surface area contributed by atoms with Gasteiger partial charge in [-0.15, -0.1) is 11.5 Å². The Labute approximate surface area is 114 Å². The van der Waals surface area contributed by atoms with E-state index in [0.717, 1.165) is 18.4 Å². The third kappa shape index (κ3) is 9.76. The van der Waals surface area contributed by atoms with E-state index in [4.69, 9.17) is 0 Å². The molecule has 0 atom stereocenters. The summed E-state index contributed by atoms with van der Waals surface area (Å²) in [6.45, 7) is 10.8.